The highest BCUT2D eigenvalue weighted by Crippen LogP contribution is 2.33. The average molecular weight is 489 g/mol. The fraction of sp³-hybridized carbons (Fsp3) is 0. The predicted molar refractivity (Wildman–Crippen MR) is 117 cm³/mol. The van der Waals surface area contributed by atoms with Gasteiger partial charge in [0.1, 0.15) is 5.69 Å². The van der Waals surface area contributed by atoms with Gasteiger partial charge in [-0.2, -0.15) is 5.11 Å². The third kappa shape index (κ3) is 4.26. The van der Waals surface area contributed by atoms with Gasteiger partial charge in [0.25, 0.3) is 10.0 Å². The first-order chi connectivity index (χ1) is 13.9. The van der Waals surface area contributed by atoms with Gasteiger partial charge in [-0.3, -0.25) is 4.72 Å². The van der Waals surface area contributed by atoms with E-state index in [9.17, 15) is 8.42 Å². The van der Waals surface area contributed by atoms with Crippen LogP contribution in [-0.4, -0.2) is 18.4 Å². The summed E-state index contributed by atoms with van der Waals surface area (Å²) in [4.78, 5) is 8.17. The number of sulfonamides is 1. The molecule has 3 N–H and O–H groups in total. The molecule has 146 valence electrons. The Hall–Kier alpha value is -2.89. The van der Waals surface area contributed by atoms with Gasteiger partial charge in [-0.1, -0.05) is 22.0 Å². The summed E-state index contributed by atoms with van der Waals surface area (Å²) in [5.41, 5.74) is 6.90. The maximum Gasteiger partial charge on any atom is 0.263 e. The van der Waals surface area contributed by atoms with Crippen molar-refractivity contribution in [2.75, 3.05) is 10.5 Å². The van der Waals surface area contributed by atoms with Crippen LogP contribution in [0.4, 0.5) is 22.3 Å². The number of benzene rings is 2. The second kappa shape index (κ2) is 7.85. The van der Waals surface area contributed by atoms with E-state index >= 15 is 0 Å². The van der Waals surface area contributed by atoms with Gasteiger partial charge in [0.05, 0.1) is 10.6 Å². The Morgan fingerprint density at radius 3 is 2.59 bits per heavy atom. The van der Waals surface area contributed by atoms with Crippen LogP contribution in [0.3, 0.4) is 0 Å². The Kier molecular flexibility index (Phi) is 5.26. The highest BCUT2D eigenvalue weighted by Gasteiger charge is 2.15. The number of nitrogens with zero attached hydrogens (tertiary/aromatic N) is 4. The number of rotatable bonds is 5. The first kappa shape index (κ1) is 19.4. The first-order valence-corrected chi connectivity index (χ1v) is 11.4. The average Bonchev–Trinajstić information content (AvgIpc) is 3.20. The Balaban J connectivity index is 1.61. The largest absolute Gasteiger partial charge is 0.382 e. The number of nitrogen functional groups attached to an aromatic ring is 1. The molecule has 0 fully saturated rings. The van der Waals surface area contributed by atoms with E-state index in [0.717, 1.165) is 15.2 Å². The van der Waals surface area contributed by atoms with Gasteiger partial charge in [-0.25, -0.2) is 18.4 Å². The molecule has 0 amide bonds. The first-order valence-electron chi connectivity index (χ1n) is 8.20. The molecule has 2 aromatic heterocycles. The van der Waals surface area contributed by atoms with Crippen molar-refractivity contribution in [3.8, 4) is 0 Å². The standard InChI is InChI=1S/C18H13BrN6O2S2/c19-12-2-1-11-10-22-17(20)16(15(11)9-12)24-23-13-3-5-14(6-4-13)29(26,27)25-18-21-7-8-28-18/h1-10H,(H2,20,22)(H,21,25)/b24-23+. The number of halogens is 1. The molecule has 4 aromatic rings. The van der Waals surface area contributed by atoms with E-state index in [-0.39, 0.29) is 10.7 Å². The molecule has 29 heavy (non-hydrogen) atoms. The van der Waals surface area contributed by atoms with E-state index in [0.29, 0.717) is 16.5 Å². The minimum atomic E-state index is -3.72. The molecule has 8 nitrogen and oxygen atoms in total. The number of pyridine rings is 1. The lowest BCUT2D eigenvalue weighted by Crippen LogP contribution is -2.12. The van der Waals surface area contributed by atoms with E-state index in [1.807, 2.05) is 18.2 Å². The van der Waals surface area contributed by atoms with Crippen molar-refractivity contribution < 1.29 is 8.42 Å². The zero-order chi connectivity index (χ0) is 20.4. The van der Waals surface area contributed by atoms with Crippen LogP contribution in [0.1, 0.15) is 0 Å². The third-order valence-corrected chi connectivity index (χ3v) is 6.59. The summed E-state index contributed by atoms with van der Waals surface area (Å²) < 4.78 is 28.1. The van der Waals surface area contributed by atoms with Crippen molar-refractivity contribution in [1.82, 2.24) is 9.97 Å². The molecule has 0 atom stereocenters. The van der Waals surface area contributed by atoms with Gasteiger partial charge in [-0.05, 0) is 36.4 Å². The van der Waals surface area contributed by atoms with Crippen LogP contribution in [0.2, 0.25) is 0 Å². The Morgan fingerprint density at radius 2 is 1.86 bits per heavy atom. The molecule has 2 heterocycles. The van der Waals surface area contributed by atoms with Crippen LogP contribution in [-0.2, 0) is 10.0 Å². The molecule has 0 aliphatic heterocycles. The Bertz CT molecular complexity index is 1300. The fourth-order valence-corrected chi connectivity index (χ4v) is 4.69. The van der Waals surface area contributed by atoms with Crippen molar-refractivity contribution >= 4 is 70.4 Å². The monoisotopic (exact) mass is 488 g/mol. The molecule has 0 radical (unpaired) electrons. The molecule has 0 spiro atoms. The molecular formula is C18H13BrN6O2S2. The lowest BCUT2D eigenvalue weighted by molar-refractivity contribution is 0.601. The molecule has 2 aromatic carbocycles. The summed E-state index contributed by atoms with van der Waals surface area (Å²) >= 11 is 4.64. The zero-order valence-electron chi connectivity index (χ0n) is 14.7. The maximum atomic E-state index is 12.4. The molecule has 0 aliphatic rings. The van der Waals surface area contributed by atoms with Gasteiger partial charge in [-0.15, -0.1) is 16.5 Å². The van der Waals surface area contributed by atoms with Gasteiger partial charge in [0, 0.05) is 33.0 Å². The van der Waals surface area contributed by atoms with Crippen molar-refractivity contribution in [2.45, 2.75) is 4.90 Å². The quantitative estimate of drug-likeness (QED) is 0.371. The lowest BCUT2D eigenvalue weighted by atomic mass is 10.1. The number of hydrogen-bond acceptors (Lipinski definition) is 8. The number of nitrogens with one attached hydrogen (secondary N) is 1. The fourth-order valence-electron chi connectivity index (χ4n) is 2.54. The smallest absolute Gasteiger partial charge is 0.263 e. The normalized spacial score (nSPS) is 11.9. The Morgan fingerprint density at radius 1 is 1.07 bits per heavy atom. The maximum absolute atomic E-state index is 12.4. The number of hydrogen-bond donors (Lipinski definition) is 2. The van der Waals surface area contributed by atoms with E-state index in [1.165, 1.54) is 29.7 Å². The number of thiazole rings is 1. The van der Waals surface area contributed by atoms with Gasteiger partial charge >= 0.3 is 0 Å². The highest BCUT2D eigenvalue weighted by molar-refractivity contribution is 9.10. The summed E-state index contributed by atoms with van der Waals surface area (Å²) in [5.74, 6) is 0.256. The molecule has 4 rings (SSSR count). The highest BCUT2D eigenvalue weighted by atomic mass is 79.9. The molecule has 0 unspecified atom stereocenters. The Labute approximate surface area is 178 Å². The SMILES string of the molecule is Nc1ncc2ccc(Br)cc2c1/N=N/c1ccc(S(=O)(=O)Nc2nccs2)cc1. The van der Waals surface area contributed by atoms with Crippen LogP contribution in [0.5, 0.6) is 0 Å². The number of fused-ring (bicyclic) bond motifs is 1. The molecular weight excluding hydrogens is 476 g/mol. The zero-order valence-corrected chi connectivity index (χ0v) is 17.9. The summed E-state index contributed by atoms with van der Waals surface area (Å²) in [7, 11) is -3.72. The molecule has 0 saturated heterocycles. The van der Waals surface area contributed by atoms with E-state index in [4.69, 9.17) is 5.73 Å². The van der Waals surface area contributed by atoms with Crippen LogP contribution >= 0.6 is 27.3 Å². The van der Waals surface area contributed by atoms with Gasteiger partial charge in [0.15, 0.2) is 10.9 Å². The topological polar surface area (TPSA) is 123 Å². The van der Waals surface area contributed by atoms with E-state index in [2.05, 4.69) is 40.8 Å². The molecule has 0 bridgehead atoms. The lowest BCUT2D eigenvalue weighted by Gasteiger charge is -2.06. The number of anilines is 2. The van der Waals surface area contributed by atoms with Crippen molar-refractivity contribution in [3.63, 3.8) is 0 Å². The number of aromatic nitrogens is 2. The number of azo groups is 1. The summed E-state index contributed by atoms with van der Waals surface area (Å²) in [6.07, 6.45) is 3.20. The summed E-state index contributed by atoms with van der Waals surface area (Å²) in [6.45, 7) is 0. The van der Waals surface area contributed by atoms with Crippen LogP contribution in [0, 0.1) is 0 Å². The van der Waals surface area contributed by atoms with Crippen LogP contribution in [0.25, 0.3) is 10.8 Å². The van der Waals surface area contributed by atoms with Gasteiger partial charge in [0.2, 0.25) is 0 Å². The third-order valence-electron chi connectivity index (χ3n) is 3.92. The van der Waals surface area contributed by atoms with E-state index < -0.39 is 10.0 Å². The summed E-state index contributed by atoms with van der Waals surface area (Å²) in [6, 6.07) is 11.7. The summed E-state index contributed by atoms with van der Waals surface area (Å²) in [5, 5.41) is 12.1. The second-order valence-electron chi connectivity index (χ2n) is 5.86. The van der Waals surface area contributed by atoms with Crippen molar-refractivity contribution in [3.05, 3.63) is 64.7 Å². The van der Waals surface area contributed by atoms with Gasteiger partial charge < -0.3 is 5.73 Å². The molecule has 11 heteroatoms. The predicted octanol–water partition coefficient (Wildman–Crippen LogP) is 5.25. The van der Waals surface area contributed by atoms with E-state index in [1.54, 1.807) is 23.7 Å². The molecule has 0 aliphatic carbocycles. The molecule has 0 saturated carbocycles. The second-order valence-corrected chi connectivity index (χ2v) is 9.35. The number of nitrogens with two attached hydrogens (primary N) is 1. The van der Waals surface area contributed by atoms with Crippen molar-refractivity contribution in [1.29, 1.82) is 0 Å². The van der Waals surface area contributed by atoms with Crippen LogP contribution in [0.15, 0.2) is 79.8 Å². The minimum absolute atomic E-state index is 0.0990. The van der Waals surface area contributed by atoms with Crippen molar-refractivity contribution in [2.24, 2.45) is 10.2 Å². The van der Waals surface area contributed by atoms with Crippen LogP contribution < -0.4 is 10.5 Å². The minimum Gasteiger partial charge on any atom is -0.382 e.